The predicted molar refractivity (Wildman–Crippen MR) is 78.3 cm³/mol. The average Bonchev–Trinajstić information content (AvgIpc) is 2.33. The minimum atomic E-state index is 0.588. The standard InChI is InChI=1S/C14H12BrClN2/c15-13-6-11(16)8-18-14(13)17-7-10-5-9-3-1-2-4-12(9)10/h1-4,6,8,10H,5,7H2,(H,17,18). The van der Waals surface area contributed by atoms with Crippen LogP contribution < -0.4 is 5.32 Å². The van der Waals surface area contributed by atoms with E-state index in [1.807, 2.05) is 6.07 Å². The highest BCUT2D eigenvalue weighted by Crippen LogP contribution is 2.35. The molecule has 4 heteroatoms. The Balaban J connectivity index is 1.66. The van der Waals surface area contributed by atoms with Gasteiger partial charge in [-0.25, -0.2) is 4.98 Å². The molecule has 3 rings (SSSR count). The highest BCUT2D eigenvalue weighted by Gasteiger charge is 2.25. The van der Waals surface area contributed by atoms with E-state index in [0.29, 0.717) is 10.9 Å². The van der Waals surface area contributed by atoms with E-state index < -0.39 is 0 Å². The van der Waals surface area contributed by atoms with E-state index in [2.05, 4.69) is 50.5 Å². The fourth-order valence-corrected chi connectivity index (χ4v) is 3.09. The molecule has 0 bridgehead atoms. The van der Waals surface area contributed by atoms with Gasteiger partial charge in [-0.05, 0) is 39.5 Å². The van der Waals surface area contributed by atoms with E-state index in [-0.39, 0.29) is 0 Å². The summed E-state index contributed by atoms with van der Waals surface area (Å²) in [7, 11) is 0. The van der Waals surface area contributed by atoms with Crippen molar-refractivity contribution in [2.45, 2.75) is 12.3 Å². The molecule has 2 aromatic rings. The Labute approximate surface area is 120 Å². The molecule has 18 heavy (non-hydrogen) atoms. The van der Waals surface area contributed by atoms with Crippen LogP contribution in [0.4, 0.5) is 5.82 Å². The lowest BCUT2D eigenvalue weighted by molar-refractivity contribution is 0.634. The molecule has 1 aromatic carbocycles. The molecule has 1 unspecified atom stereocenters. The fourth-order valence-electron chi connectivity index (χ4n) is 2.31. The van der Waals surface area contributed by atoms with Crippen molar-refractivity contribution in [1.29, 1.82) is 0 Å². The molecular formula is C14H12BrClN2. The van der Waals surface area contributed by atoms with Crippen LogP contribution in [-0.4, -0.2) is 11.5 Å². The van der Waals surface area contributed by atoms with Gasteiger partial charge in [0.05, 0.1) is 9.50 Å². The van der Waals surface area contributed by atoms with Crippen LogP contribution in [0.15, 0.2) is 41.0 Å². The summed E-state index contributed by atoms with van der Waals surface area (Å²) in [5, 5.41) is 4.01. The summed E-state index contributed by atoms with van der Waals surface area (Å²) < 4.78 is 0.905. The zero-order valence-corrected chi connectivity index (χ0v) is 12.0. The van der Waals surface area contributed by atoms with Crippen LogP contribution >= 0.6 is 27.5 Å². The quantitative estimate of drug-likeness (QED) is 0.913. The van der Waals surface area contributed by atoms with Crippen molar-refractivity contribution in [2.24, 2.45) is 0 Å². The number of pyridine rings is 1. The number of halogens is 2. The van der Waals surface area contributed by atoms with Gasteiger partial charge in [0, 0.05) is 18.7 Å². The Morgan fingerprint density at radius 2 is 2.22 bits per heavy atom. The van der Waals surface area contributed by atoms with Crippen LogP contribution in [0.3, 0.4) is 0 Å². The maximum Gasteiger partial charge on any atom is 0.140 e. The van der Waals surface area contributed by atoms with E-state index in [1.54, 1.807) is 6.20 Å². The summed E-state index contributed by atoms with van der Waals surface area (Å²) in [6, 6.07) is 10.4. The van der Waals surface area contributed by atoms with Crippen LogP contribution in [0.5, 0.6) is 0 Å². The number of nitrogens with one attached hydrogen (secondary N) is 1. The van der Waals surface area contributed by atoms with Crippen molar-refractivity contribution in [1.82, 2.24) is 4.98 Å². The number of rotatable bonds is 3. The van der Waals surface area contributed by atoms with Gasteiger partial charge >= 0.3 is 0 Å². The van der Waals surface area contributed by atoms with E-state index in [4.69, 9.17) is 11.6 Å². The zero-order chi connectivity index (χ0) is 12.5. The summed E-state index contributed by atoms with van der Waals surface area (Å²) in [4.78, 5) is 4.27. The Kier molecular flexibility index (Phi) is 3.27. The van der Waals surface area contributed by atoms with Crippen molar-refractivity contribution in [3.05, 3.63) is 57.2 Å². The molecular weight excluding hydrogens is 312 g/mol. The van der Waals surface area contributed by atoms with Gasteiger partial charge in [0.25, 0.3) is 0 Å². The third kappa shape index (κ3) is 2.25. The Morgan fingerprint density at radius 3 is 3.00 bits per heavy atom. The molecule has 1 aromatic heterocycles. The highest BCUT2D eigenvalue weighted by atomic mass is 79.9. The topological polar surface area (TPSA) is 24.9 Å². The third-order valence-electron chi connectivity index (χ3n) is 3.28. The second-order valence-corrected chi connectivity index (χ2v) is 5.76. The summed E-state index contributed by atoms with van der Waals surface area (Å²) in [5.74, 6) is 1.44. The molecule has 1 N–H and O–H groups in total. The van der Waals surface area contributed by atoms with E-state index >= 15 is 0 Å². The first-order valence-corrected chi connectivity index (χ1v) is 7.04. The number of anilines is 1. The SMILES string of the molecule is Clc1cnc(NCC2Cc3ccccc32)c(Br)c1. The minimum absolute atomic E-state index is 0.588. The van der Waals surface area contributed by atoms with Gasteiger partial charge in [0.2, 0.25) is 0 Å². The maximum absolute atomic E-state index is 5.86. The monoisotopic (exact) mass is 322 g/mol. The number of fused-ring (bicyclic) bond motifs is 1. The summed E-state index contributed by atoms with van der Waals surface area (Å²) in [6.45, 7) is 0.907. The lowest BCUT2D eigenvalue weighted by atomic mass is 9.77. The predicted octanol–water partition coefficient (Wildman–Crippen LogP) is 4.25. The zero-order valence-electron chi connectivity index (χ0n) is 9.66. The fraction of sp³-hybridized carbons (Fsp3) is 0.214. The minimum Gasteiger partial charge on any atom is -0.369 e. The van der Waals surface area contributed by atoms with Crippen LogP contribution in [0.25, 0.3) is 0 Å². The summed E-state index contributed by atoms with van der Waals surface area (Å²) in [6.07, 6.45) is 2.80. The van der Waals surface area contributed by atoms with Crippen molar-refractivity contribution in [2.75, 3.05) is 11.9 Å². The molecule has 0 aliphatic heterocycles. The Hall–Kier alpha value is -1.06. The van der Waals surface area contributed by atoms with Gasteiger partial charge in [-0.15, -0.1) is 0 Å². The molecule has 2 nitrogen and oxygen atoms in total. The van der Waals surface area contributed by atoms with Crippen molar-refractivity contribution >= 4 is 33.3 Å². The van der Waals surface area contributed by atoms with Crippen LogP contribution in [0, 0.1) is 0 Å². The van der Waals surface area contributed by atoms with E-state index in [1.165, 1.54) is 11.1 Å². The highest BCUT2D eigenvalue weighted by molar-refractivity contribution is 9.10. The van der Waals surface area contributed by atoms with E-state index in [9.17, 15) is 0 Å². The molecule has 0 radical (unpaired) electrons. The normalized spacial score (nSPS) is 16.9. The third-order valence-corrected chi connectivity index (χ3v) is 4.10. The van der Waals surface area contributed by atoms with Crippen LogP contribution in [0.2, 0.25) is 5.02 Å². The lowest BCUT2D eigenvalue weighted by Gasteiger charge is -2.30. The molecule has 1 aliphatic carbocycles. The maximum atomic E-state index is 5.86. The Morgan fingerprint density at radius 1 is 1.39 bits per heavy atom. The van der Waals surface area contributed by atoms with Crippen molar-refractivity contribution < 1.29 is 0 Å². The van der Waals surface area contributed by atoms with Crippen molar-refractivity contribution in [3.8, 4) is 0 Å². The summed E-state index contributed by atoms with van der Waals surface area (Å²) >= 11 is 9.32. The largest absolute Gasteiger partial charge is 0.369 e. The number of aromatic nitrogens is 1. The molecule has 0 amide bonds. The molecule has 0 fully saturated rings. The molecule has 0 spiro atoms. The lowest BCUT2D eigenvalue weighted by Crippen LogP contribution is -2.24. The Bertz CT molecular complexity index is 586. The molecule has 1 atom stereocenters. The van der Waals surface area contributed by atoms with Gasteiger partial charge in [0.1, 0.15) is 5.82 Å². The second-order valence-electron chi connectivity index (χ2n) is 4.46. The van der Waals surface area contributed by atoms with Gasteiger partial charge in [-0.2, -0.15) is 0 Å². The first kappa shape index (κ1) is 12.0. The van der Waals surface area contributed by atoms with Crippen LogP contribution in [0.1, 0.15) is 17.0 Å². The number of benzene rings is 1. The van der Waals surface area contributed by atoms with E-state index in [0.717, 1.165) is 23.3 Å². The molecule has 0 saturated heterocycles. The first-order chi connectivity index (χ1) is 8.74. The van der Waals surface area contributed by atoms with Crippen LogP contribution in [-0.2, 0) is 6.42 Å². The molecule has 92 valence electrons. The van der Waals surface area contributed by atoms with Gasteiger partial charge in [-0.3, -0.25) is 0 Å². The van der Waals surface area contributed by atoms with Crippen molar-refractivity contribution in [3.63, 3.8) is 0 Å². The first-order valence-electron chi connectivity index (χ1n) is 5.87. The summed E-state index contributed by atoms with van der Waals surface area (Å²) in [5.41, 5.74) is 2.92. The molecule has 0 saturated carbocycles. The number of nitrogens with zero attached hydrogens (tertiary/aromatic N) is 1. The smallest absolute Gasteiger partial charge is 0.140 e. The number of hydrogen-bond donors (Lipinski definition) is 1. The number of hydrogen-bond acceptors (Lipinski definition) is 2. The second kappa shape index (κ2) is 4.90. The van der Waals surface area contributed by atoms with Gasteiger partial charge in [0.15, 0.2) is 0 Å². The van der Waals surface area contributed by atoms with Gasteiger partial charge in [-0.1, -0.05) is 35.9 Å². The van der Waals surface area contributed by atoms with Gasteiger partial charge < -0.3 is 5.32 Å². The average molecular weight is 324 g/mol. The molecule has 1 aliphatic rings. The molecule has 1 heterocycles.